The Balaban J connectivity index is 0.000000200. The van der Waals surface area contributed by atoms with Gasteiger partial charge in [0.1, 0.15) is 0 Å². The number of fused-ring (bicyclic) bond motifs is 5. The second kappa shape index (κ2) is 9.53. The Morgan fingerprint density at radius 1 is 0.889 bits per heavy atom. The van der Waals surface area contributed by atoms with Crippen molar-refractivity contribution in [3.8, 4) is 0 Å². The molecule has 2 bridgehead atoms. The molecule has 36 heavy (non-hydrogen) atoms. The van der Waals surface area contributed by atoms with Crippen LogP contribution >= 0.6 is 29.3 Å². The number of benzene rings is 1. The summed E-state index contributed by atoms with van der Waals surface area (Å²) in [4.78, 5) is 3.76. The predicted molar refractivity (Wildman–Crippen MR) is 164 cm³/mol. The van der Waals surface area contributed by atoms with Gasteiger partial charge in [-0.25, -0.2) is 0 Å². The van der Waals surface area contributed by atoms with Crippen LogP contribution in [-0.4, -0.2) is 33.6 Å². The van der Waals surface area contributed by atoms with Gasteiger partial charge in [0.15, 0.2) is 0 Å². The molecule has 3 nitrogen and oxygen atoms in total. The summed E-state index contributed by atoms with van der Waals surface area (Å²) in [7, 11) is -1.80. The molecular weight excluding hydrogens is 520 g/mol. The molecule has 0 amide bonds. The number of allylic oxidation sites excluding steroid dienone is 2. The Morgan fingerprint density at radius 2 is 1.36 bits per heavy atom. The van der Waals surface area contributed by atoms with E-state index in [1.54, 1.807) is 5.31 Å². The zero-order valence-electron chi connectivity index (χ0n) is 24.5. The van der Waals surface area contributed by atoms with Crippen LogP contribution in [0.4, 0.5) is 0 Å². The van der Waals surface area contributed by atoms with Gasteiger partial charge in [-0.1, -0.05) is 45.9 Å². The van der Waals surface area contributed by atoms with Crippen LogP contribution < -0.4 is 4.98 Å². The normalized spacial score (nSPS) is 27.8. The van der Waals surface area contributed by atoms with E-state index >= 15 is 0 Å². The molecular formula is C29H50Cl2N3PSi. The smallest absolute Gasteiger partial charge is 0.0216 e. The van der Waals surface area contributed by atoms with E-state index in [2.05, 4.69) is 109 Å². The molecule has 1 saturated heterocycles. The van der Waals surface area contributed by atoms with Crippen LogP contribution in [0.2, 0.25) is 0 Å². The Bertz CT molecular complexity index is 992. The third-order valence-corrected chi connectivity index (χ3v) is 25.8. The monoisotopic (exact) mass is 569 g/mol. The summed E-state index contributed by atoms with van der Waals surface area (Å²) in [6.07, 6.45) is 3.99. The van der Waals surface area contributed by atoms with Crippen molar-refractivity contribution in [3.63, 3.8) is 0 Å². The van der Waals surface area contributed by atoms with Crippen molar-refractivity contribution < 1.29 is 0 Å². The first-order chi connectivity index (χ1) is 16.4. The number of halogens is 2. The molecule has 204 valence electrons. The van der Waals surface area contributed by atoms with E-state index in [4.69, 9.17) is 22.2 Å². The van der Waals surface area contributed by atoms with Crippen LogP contribution in [0.15, 0.2) is 29.2 Å². The van der Waals surface area contributed by atoms with E-state index in [0.717, 1.165) is 12.6 Å². The zero-order chi connectivity index (χ0) is 27.0. The maximum absolute atomic E-state index is 7.23. The van der Waals surface area contributed by atoms with Crippen molar-refractivity contribution in [1.82, 2.24) is 14.3 Å². The summed E-state index contributed by atoms with van der Waals surface area (Å²) < 4.78 is 5.40. The largest absolute Gasteiger partial charge is 0.0617 e. The van der Waals surface area contributed by atoms with E-state index in [1.165, 1.54) is 41.6 Å². The zero-order valence-corrected chi connectivity index (χ0v) is 28.1. The molecule has 1 aromatic rings. The average molecular weight is 571 g/mol. The van der Waals surface area contributed by atoms with Crippen molar-refractivity contribution in [1.29, 1.82) is 0 Å². The van der Waals surface area contributed by atoms with Crippen molar-refractivity contribution in [2.24, 2.45) is 11.8 Å². The minimum absolute atomic E-state index is 0.108. The summed E-state index contributed by atoms with van der Waals surface area (Å²) in [6.45, 7) is 23.2. The number of hydrogen-bond acceptors (Lipinski definition) is 3. The summed E-state index contributed by atoms with van der Waals surface area (Å²) in [5.74, 6) is 2.71. The van der Waals surface area contributed by atoms with Gasteiger partial charge >= 0.3 is 152 Å². The fraction of sp³-hybridized carbons (Fsp3) is 0.724. The minimum atomic E-state index is -2.96. The summed E-state index contributed by atoms with van der Waals surface area (Å²) >= 11 is 14.5. The number of nitrogens with one attached hydrogen (secondary N) is 1. The van der Waals surface area contributed by atoms with Gasteiger partial charge in [-0.05, 0) is 35.4 Å². The van der Waals surface area contributed by atoms with Crippen LogP contribution in [0.25, 0.3) is 0 Å². The van der Waals surface area contributed by atoms with Gasteiger partial charge < -0.3 is 0 Å². The number of rotatable bonds is 2. The maximum atomic E-state index is 7.23. The van der Waals surface area contributed by atoms with E-state index in [0.29, 0.717) is 17.8 Å². The van der Waals surface area contributed by atoms with Gasteiger partial charge in [0, 0.05) is 0 Å². The molecule has 2 aliphatic heterocycles. The molecule has 5 rings (SSSR count). The first-order valence-corrected chi connectivity index (χ1v) is 21.4. The van der Waals surface area contributed by atoms with Gasteiger partial charge in [0.05, 0.1) is 0 Å². The van der Waals surface area contributed by atoms with Crippen LogP contribution in [0, 0.1) is 18.8 Å². The van der Waals surface area contributed by atoms with Gasteiger partial charge in [-0.2, -0.15) is 0 Å². The SMILES string of the molecule is CC(C)(C)N1CN(C(C)(C)C)[P+]12C1=C(N[SiH-]2(Cl)Cl)[C@@H]2CC[C@H]1C2.Cc1c(C(C)C)cccc1C(C)C. The summed E-state index contributed by atoms with van der Waals surface area (Å²) in [5, 5.41) is 1.68. The van der Waals surface area contributed by atoms with Gasteiger partial charge in [-0.15, -0.1) is 0 Å². The molecule has 2 fully saturated rings. The fourth-order valence-electron chi connectivity index (χ4n) is 7.27. The second-order valence-corrected chi connectivity index (χ2v) is 29.3. The molecule has 0 unspecified atom stereocenters. The molecule has 1 N–H and O–H groups in total. The van der Waals surface area contributed by atoms with Crippen molar-refractivity contribution >= 4 is 35.8 Å². The Labute approximate surface area is 232 Å². The van der Waals surface area contributed by atoms with E-state index in [1.807, 2.05) is 0 Å². The van der Waals surface area contributed by atoms with E-state index < -0.39 is 13.6 Å². The minimum Gasteiger partial charge on any atom is -0.0617 e. The Hall–Kier alpha value is -0.0931. The molecule has 1 spiro atoms. The van der Waals surface area contributed by atoms with Crippen LogP contribution in [0.1, 0.15) is 117 Å². The molecule has 1 saturated carbocycles. The molecule has 0 radical (unpaired) electrons. The van der Waals surface area contributed by atoms with Gasteiger partial charge in [-0.3, -0.25) is 0 Å². The Kier molecular flexibility index (Phi) is 7.65. The summed E-state index contributed by atoms with van der Waals surface area (Å²) in [6, 6.07) is 6.66. The summed E-state index contributed by atoms with van der Waals surface area (Å²) in [5.41, 5.74) is 6.16. The topological polar surface area (TPSA) is 18.5 Å². The molecule has 7 heteroatoms. The quantitative estimate of drug-likeness (QED) is 0.217. The van der Waals surface area contributed by atoms with Crippen LogP contribution in [0.5, 0.6) is 0 Å². The Morgan fingerprint density at radius 3 is 1.81 bits per heavy atom. The van der Waals surface area contributed by atoms with E-state index in [9.17, 15) is 0 Å². The molecule has 2 heterocycles. The van der Waals surface area contributed by atoms with Gasteiger partial charge in [0.2, 0.25) is 0 Å². The van der Waals surface area contributed by atoms with Crippen molar-refractivity contribution in [2.45, 2.75) is 118 Å². The van der Waals surface area contributed by atoms with Crippen molar-refractivity contribution in [2.75, 3.05) is 6.67 Å². The van der Waals surface area contributed by atoms with Gasteiger partial charge in [0.25, 0.3) is 0 Å². The second-order valence-electron chi connectivity index (χ2n) is 14.1. The van der Waals surface area contributed by atoms with Crippen LogP contribution in [0.3, 0.4) is 0 Å². The first kappa shape index (κ1) is 28.9. The fourth-order valence-corrected chi connectivity index (χ4v) is 27.9. The molecule has 2 atom stereocenters. The van der Waals surface area contributed by atoms with Crippen molar-refractivity contribution in [3.05, 3.63) is 45.9 Å². The standard InChI is InChI=1S/C16H30Cl2N3PSi.C13H20/c1-15(2,3)20-10-21(16(4,5)6)22(20)14-12-8-7-11(9-12)13(14)19-23(22,17)18;1-9(2)12-7-6-8-13(10(3)4)11(12)5/h11-12,19,23H,7-10H2,1-6H3;6-10H,1-5H3/t11-,12+;/m1./s1. The number of hydrogen-bond donors (Lipinski definition) is 1. The predicted octanol–water partition coefficient (Wildman–Crippen LogP) is 9.14. The third-order valence-electron chi connectivity index (χ3n) is 8.85. The molecule has 2 aliphatic carbocycles. The number of nitrogens with zero attached hydrogens (tertiary/aromatic N) is 2. The first-order valence-electron chi connectivity index (χ1n) is 14.0. The van der Waals surface area contributed by atoms with Crippen LogP contribution in [-0.2, 0) is 0 Å². The molecule has 0 aromatic heterocycles. The molecule has 4 aliphatic rings. The molecule has 1 aromatic carbocycles. The third kappa shape index (κ3) is 4.44. The maximum Gasteiger partial charge on any atom is -0.0216 e. The average Bonchev–Trinajstić information content (AvgIpc) is 3.34. The van der Waals surface area contributed by atoms with E-state index in [-0.39, 0.29) is 11.1 Å².